The van der Waals surface area contributed by atoms with Gasteiger partial charge in [0.25, 0.3) is 0 Å². The SMILES string of the molecule is CC(CO)C(C)NC(=O)Nc1c(F)cc(Cl)cc1F. The first-order chi connectivity index (χ1) is 8.85. The topological polar surface area (TPSA) is 61.4 Å². The lowest BCUT2D eigenvalue weighted by molar-refractivity contribution is 0.204. The second kappa shape index (κ2) is 6.68. The molecule has 0 aliphatic rings. The standard InChI is InChI=1S/C12H15ClF2N2O2/c1-6(5-18)7(2)16-12(19)17-11-9(14)3-8(13)4-10(11)15/h3-4,6-7,18H,5H2,1-2H3,(H2,16,17,19). The zero-order valence-corrected chi connectivity index (χ0v) is 11.3. The van der Waals surface area contributed by atoms with Crippen LogP contribution < -0.4 is 10.6 Å². The average molecular weight is 293 g/mol. The van der Waals surface area contributed by atoms with Gasteiger partial charge in [0.2, 0.25) is 0 Å². The van der Waals surface area contributed by atoms with Crippen LogP contribution in [0.2, 0.25) is 5.02 Å². The van der Waals surface area contributed by atoms with Crippen molar-refractivity contribution in [2.75, 3.05) is 11.9 Å². The molecule has 2 atom stereocenters. The molecule has 0 bridgehead atoms. The molecule has 1 aromatic rings. The minimum Gasteiger partial charge on any atom is -0.396 e. The van der Waals surface area contributed by atoms with Crippen molar-refractivity contribution in [3.05, 3.63) is 28.8 Å². The fraction of sp³-hybridized carbons (Fsp3) is 0.417. The summed E-state index contributed by atoms with van der Waals surface area (Å²) in [7, 11) is 0. The number of aliphatic hydroxyl groups excluding tert-OH is 1. The number of carbonyl (C=O) groups is 1. The number of halogens is 3. The molecule has 0 radical (unpaired) electrons. The van der Waals surface area contributed by atoms with Gasteiger partial charge in [-0.15, -0.1) is 0 Å². The van der Waals surface area contributed by atoms with Crippen molar-refractivity contribution in [3.8, 4) is 0 Å². The van der Waals surface area contributed by atoms with Crippen molar-refractivity contribution in [3.63, 3.8) is 0 Å². The smallest absolute Gasteiger partial charge is 0.319 e. The van der Waals surface area contributed by atoms with E-state index in [2.05, 4.69) is 10.6 Å². The lowest BCUT2D eigenvalue weighted by atomic mass is 10.1. The summed E-state index contributed by atoms with van der Waals surface area (Å²) in [6, 6.07) is 0.705. The second-order valence-corrected chi connectivity index (χ2v) is 4.73. The Balaban J connectivity index is 2.73. The molecule has 4 nitrogen and oxygen atoms in total. The van der Waals surface area contributed by atoms with Crippen molar-refractivity contribution in [2.45, 2.75) is 19.9 Å². The van der Waals surface area contributed by atoms with Crippen LogP contribution in [-0.2, 0) is 0 Å². The normalized spacial score (nSPS) is 13.8. The van der Waals surface area contributed by atoms with Crippen LogP contribution in [0.1, 0.15) is 13.8 Å². The van der Waals surface area contributed by atoms with Crippen LogP contribution >= 0.6 is 11.6 Å². The number of carbonyl (C=O) groups excluding carboxylic acids is 1. The van der Waals surface area contributed by atoms with E-state index < -0.39 is 23.4 Å². The Morgan fingerprint density at radius 2 is 1.89 bits per heavy atom. The van der Waals surface area contributed by atoms with Crippen LogP contribution in [0.5, 0.6) is 0 Å². The first kappa shape index (κ1) is 15.7. The quantitative estimate of drug-likeness (QED) is 0.799. The van der Waals surface area contributed by atoms with Crippen LogP contribution in [0.15, 0.2) is 12.1 Å². The van der Waals surface area contributed by atoms with Crippen LogP contribution in [0, 0.1) is 17.6 Å². The predicted molar refractivity (Wildman–Crippen MR) is 69.2 cm³/mol. The molecule has 2 amide bonds. The Kier molecular flexibility index (Phi) is 5.50. The Morgan fingerprint density at radius 3 is 2.37 bits per heavy atom. The van der Waals surface area contributed by atoms with E-state index in [0.717, 1.165) is 12.1 Å². The van der Waals surface area contributed by atoms with Crippen molar-refractivity contribution in [1.29, 1.82) is 0 Å². The number of anilines is 1. The highest BCUT2D eigenvalue weighted by Gasteiger charge is 2.17. The van der Waals surface area contributed by atoms with Crippen molar-refractivity contribution in [1.82, 2.24) is 5.32 Å². The number of urea groups is 1. The summed E-state index contributed by atoms with van der Waals surface area (Å²) in [6.07, 6.45) is 0. The minimum absolute atomic E-state index is 0.0942. The third-order valence-corrected chi connectivity index (χ3v) is 2.96. The molecule has 3 N–H and O–H groups in total. The molecule has 0 spiro atoms. The molecule has 1 aromatic carbocycles. The number of hydrogen-bond acceptors (Lipinski definition) is 2. The summed E-state index contributed by atoms with van der Waals surface area (Å²) in [5.41, 5.74) is -0.564. The molecule has 1 rings (SSSR count). The van der Waals surface area contributed by atoms with Crippen LogP contribution in [-0.4, -0.2) is 23.8 Å². The number of rotatable bonds is 4. The molecule has 7 heteroatoms. The average Bonchev–Trinajstić information content (AvgIpc) is 2.32. The largest absolute Gasteiger partial charge is 0.396 e. The molecule has 0 saturated carbocycles. The van der Waals surface area contributed by atoms with E-state index in [0.29, 0.717) is 0 Å². The number of amides is 2. The maximum atomic E-state index is 13.4. The van der Waals surface area contributed by atoms with Crippen molar-refractivity contribution >= 4 is 23.3 Å². The molecular weight excluding hydrogens is 278 g/mol. The fourth-order valence-corrected chi connectivity index (χ4v) is 1.51. The molecule has 0 heterocycles. The van der Waals surface area contributed by atoms with Crippen molar-refractivity contribution < 1.29 is 18.7 Å². The third kappa shape index (κ3) is 4.33. The zero-order chi connectivity index (χ0) is 14.6. The highest BCUT2D eigenvalue weighted by Crippen LogP contribution is 2.23. The Morgan fingerprint density at radius 1 is 1.37 bits per heavy atom. The van der Waals surface area contributed by atoms with E-state index in [4.69, 9.17) is 16.7 Å². The van der Waals surface area contributed by atoms with Gasteiger partial charge in [-0.1, -0.05) is 18.5 Å². The van der Waals surface area contributed by atoms with Gasteiger partial charge in [-0.2, -0.15) is 0 Å². The molecule has 19 heavy (non-hydrogen) atoms. The lowest BCUT2D eigenvalue weighted by Gasteiger charge is -2.19. The Hall–Kier alpha value is -1.40. The molecule has 0 aromatic heterocycles. The summed E-state index contributed by atoms with van der Waals surface area (Å²) < 4.78 is 26.9. The predicted octanol–water partition coefficient (Wildman–Crippen LogP) is 2.76. The van der Waals surface area contributed by atoms with Gasteiger partial charge in [0, 0.05) is 17.7 Å². The number of hydrogen-bond donors (Lipinski definition) is 3. The number of nitrogens with one attached hydrogen (secondary N) is 2. The third-order valence-electron chi connectivity index (χ3n) is 2.75. The van der Waals surface area contributed by atoms with Crippen LogP contribution in [0.3, 0.4) is 0 Å². The molecule has 0 aliphatic carbocycles. The van der Waals surface area contributed by atoms with E-state index in [1.54, 1.807) is 13.8 Å². The highest BCUT2D eigenvalue weighted by molar-refractivity contribution is 6.30. The van der Waals surface area contributed by atoms with Gasteiger partial charge < -0.3 is 15.7 Å². The summed E-state index contributed by atoms with van der Waals surface area (Å²) >= 11 is 5.47. The van der Waals surface area contributed by atoms with Gasteiger partial charge in [-0.25, -0.2) is 13.6 Å². The second-order valence-electron chi connectivity index (χ2n) is 4.29. The fourth-order valence-electron chi connectivity index (χ4n) is 1.32. The van der Waals surface area contributed by atoms with Gasteiger partial charge in [0.15, 0.2) is 11.6 Å². The summed E-state index contributed by atoms with van der Waals surface area (Å²) in [6.45, 7) is 3.30. The molecular formula is C12H15ClF2N2O2. The molecule has 106 valence electrons. The van der Waals surface area contributed by atoms with Crippen LogP contribution in [0.25, 0.3) is 0 Å². The number of benzene rings is 1. The Bertz CT molecular complexity index is 448. The highest BCUT2D eigenvalue weighted by atomic mass is 35.5. The Labute approximate surface area is 114 Å². The van der Waals surface area contributed by atoms with E-state index in [-0.39, 0.29) is 23.6 Å². The van der Waals surface area contributed by atoms with Gasteiger partial charge in [0.05, 0.1) is 0 Å². The first-order valence-electron chi connectivity index (χ1n) is 5.68. The van der Waals surface area contributed by atoms with E-state index in [9.17, 15) is 13.6 Å². The van der Waals surface area contributed by atoms with Gasteiger partial charge in [0.1, 0.15) is 5.69 Å². The molecule has 0 saturated heterocycles. The molecule has 0 fully saturated rings. The first-order valence-corrected chi connectivity index (χ1v) is 6.05. The number of aliphatic hydroxyl groups is 1. The minimum atomic E-state index is -0.956. The van der Waals surface area contributed by atoms with E-state index >= 15 is 0 Å². The van der Waals surface area contributed by atoms with Crippen LogP contribution in [0.4, 0.5) is 19.3 Å². The van der Waals surface area contributed by atoms with Crippen molar-refractivity contribution in [2.24, 2.45) is 5.92 Å². The van der Waals surface area contributed by atoms with E-state index in [1.165, 1.54) is 0 Å². The molecule has 2 unspecified atom stereocenters. The zero-order valence-electron chi connectivity index (χ0n) is 10.5. The summed E-state index contributed by atoms with van der Waals surface area (Å²) in [5.74, 6) is -2.09. The monoisotopic (exact) mass is 292 g/mol. The summed E-state index contributed by atoms with van der Waals surface area (Å²) in [4.78, 5) is 11.6. The molecule has 0 aliphatic heterocycles. The lowest BCUT2D eigenvalue weighted by Crippen LogP contribution is -2.41. The van der Waals surface area contributed by atoms with Gasteiger partial charge in [-0.3, -0.25) is 0 Å². The van der Waals surface area contributed by atoms with E-state index in [1.807, 2.05) is 0 Å². The maximum Gasteiger partial charge on any atom is 0.319 e. The maximum absolute atomic E-state index is 13.4. The van der Waals surface area contributed by atoms with Gasteiger partial charge in [-0.05, 0) is 25.0 Å². The summed E-state index contributed by atoms with van der Waals surface area (Å²) in [5, 5.41) is 13.4. The van der Waals surface area contributed by atoms with Gasteiger partial charge >= 0.3 is 6.03 Å².